The summed E-state index contributed by atoms with van der Waals surface area (Å²) in [5.41, 5.74) is 0. The number of anilines is 1. The molecule has 3 rings (SSSR count). The smallest absolute Gasteiger partial charge is 0.128 e. The lowest BCUT2D eigenvalue weighted by Gasteiger charge is -2.34. The van der Waals surface area contributed by atoms with Crippen molar-refractivity contribution in [3.63, 3.8) is 0 Å². The Labute approximate surface area is 119 Å². The van der Waals surface area contributed by atoms with Crippen molar-refractivity contribution in [1.82, 2.24) is 9.88 Å². The molecule has 0 radical (unpaired) electrons. The van der Waals surface area contributed by atoms with Crippen LogP contribution in [0.4, 0.5) is 5.82 Å². The molecule has 20 heavy (non-hydrogen) atoms. The van der Waals surface area contributed by atoms with Gasteiger partial charge in [0.15, 0.2) is 0 Å². The molecule has 0 spiro atoms. The van der Waals surface area contributed by atoms with E-state index in [0.29, 0.717) is 0 Å². The molecule has 2 aromatic rings. The van der Waals surface area contributed by atoms with Crippen molar-refractivity contribution >= 4 is 11.9 Å². The van der Waals surface area contributed by atoms with E-state index in [4.69, 9.17) is 4.42 Å². The first-order valence-corrected chi connectivity index (χ1v) is 7.00. The molecule has 0 aliphatic carbocycles. The van der Waals surface area contributed by atoms with Gasteiger partial charge in [-0.15, -0.1) is 0 Å². The highest BCUT2D eigenvalue weighted by atomic mass is 16.3. The monoisotopic (exact) mass is 269 g/mol. The van der Waals surface area contributed by atoms with Crippen LogP contribution in [0.5, 0.6) is 0 Å². The Bertz CT molecular complexity index is 528. The van der Waals surface area contributed by atoms with E-state index in [-0.39, 0.29) is 0 Å². The second kappa shape index (κ2) is 6.39. The Morgan fingerprint density at radius 2 is 2.00 bits per heavy atom. The molecule has 0 atom stereocenters. The summed E-state index contributed by atoms with van der Waals surface area (Å²) in [6.45, 7) is 5.17. The van der Waals surface area contributed by atoms with Gasteiger partial charge in [0, 0.05) is 38.9 Å². The Morgan fingerprint density at radius 1 is 1.10 bits per heavy atom. The van der Waals surface area contributed by atoms with Crippen molar-refractivity contribution in [2.24, 2.45) is 0 Å². The zero-order valence-electron chi connectivity index (χ0n) is 11.5. The molecule has 2 aromatic heterocycles. The lowest BCUT2D eigenvalue weighted by Crippen LogP contribution is -2.46. The number of rotatable bonds is 4. The fourth-order valence-electron chi connectivity index (χ4n) is 2.40. The number of hydrogen-bond donors (Lipinski definition) is 0. The van der Waals surface area contributed by atoms with Crippen molar-refractivity contribution in [2.45, 2.75) is 0 Å². The summed E-state index contributed by atoms with van der Waals surface area (Å²) in [6.07, 6.45) is 7.75. The fourth-order valence-corrected chi connectivity index (χ4v) is 2.40. The minimum absolute atomic E-state index is 0.914. The van der Waals surface area contributed by atoms with E-state index in [1.54, 1.807) is 6.26 Å². The van der Waals surface area contributed by atoms with Crippen LogP contribution in [0.1, 0.15) is 5.76 Å². The lowest BCUT2D eigenvalue weighted by molar-refractivity contribution is 0.283. The average Bonchev–Trinajstić information content (AvgIpc) is 3.02. The second-order valence-corrected chi connectivity index (χ2v) is 4.89. The number of pyridine rings is 1. The van der Waals surface area contributed by atoms with Crippen LogP contribution < -0.4 is 4.90 Å². The fraction of sp³-hybridized carbons (Fsp3) is 0.312. The van der Waals surface area contributed by atoms with Gasteiger partial charge >= 0.3 is 0 Å². The van der Waals surface area contributed by atoms with E-state index in [9.17, 15) is 0 Å². The Hall–Kier alpha value is -2.07. The van der Waals surface area contributed by atoms with Gasteiger partial charge in [0.05, 0.1) is 6.26 Å². The topological polar surface area (TPSA) is 32.5 Å². The van der Waals surface area contributed by atoms with E-state index < -0.39 is 0 Å². The quantitative estimate of drug-likeness (QED) is 0.853. The molecule has 0 amide bonds. The Morgan fingerprint density at radius 3 is 2.70 bits per heavy atom. The first-order chi connectivity index (χ1) is 9.92. The Kier molecular flexibility index (Phi) is 4.13. The SMILES string of the molecule is C(=C/c1ccco1)/CN1CCN(c2ccccn2)CC1. The third-order valence-electron chi connectivity index (χ3n) is 3.53. The van der Waals surface area contributed by atoms with Crippen LogP contribution in [0, 0.1) is 0 Å². The summed E-state index contributed by atoms with van der Waals surface area (Å²) in [7, 11) is 0. The van der Waals surface area contributed by atoms with Crippen LogP contribution in [0.15, 0.2) is 53.3 Å². The molecule has 0 bridgehead atoms. The highest BCUT2D eigenvalue weighted by Gasteiger charge is 2.16. The zero-order valence-corrected chi connectivity index (χ0v) is 11.5. The Balaban J connectivity index is 1.47. The molecular formula is C16H19N3O. The van der Waals surface area contributed by atoms with Crippen LogP contribution in [0.3, 0.4) is 0 Å². The van der Waals surface area contributed by atoms with Gasteiger partial charge in [0.1, 0.15) is 11.6 Å². The first-order valence-electron chi connectivity index (χ1n) is 7.00. The van der Waals surface area contributed by atoms with Crippen LogP contribution in [0.25, 0.3) is 6.08 Å². The third-order valence-corrected chi connectivity index (χ3v) is 3.53. The highest BCUT2D eigenvalue weighted by Crippen LogP contribution is 2.12. The summed E-state index contributed by atoms with van der Waals surface area (Å²) in [5, 5.41) is 0. The van der Waals surface area contributed by atoms with Gasteiger partial charge in [-0.05, 0) is 30.3 Å². The minimum Gasteiger partial charge on any atom is -0.465 e. The molecule has 0 N–H and O–H groups in total. The van der Waals surface area contributed by atoms with Gasteiger partial charge in [0.25, 0.3) is 0 Å². The number of hydrogen-bond acceptors (Lipinski definition) is 4. The molecule has 1 aliphatic rings. The summed E-state index contributed by atoms with van der Waals surface area (Å²) in [5.74, 6) is 2.00. The van der Waals surface area contributed by atoms with Crippen LogP contribution >= 0.6 is 0 Å². The molecule has 4 heteroatoms. The number of piperazine rings is 1. The van der Waals surface area contributed by atoms with E-state index in [0.717, 1.165) is 44.3 Å². The lowest BCUT2D eigenvalue weighted by atomic mass is 10.3. The molecule has 1 saturated heterocycles. The summed E-state index contributed by atoms with van der Waals surface area (Å²) in [4.78, 5) is 9.19. The normalized spacial score (nSPS) is 16.9. The molecule has 0 saturated carbocycles. The predicted molar refractivity (Wildman–Crippen MR) is 80.6 cm³/mol. The van der Waals surface area contributed by atoms with Gasteiger partial charge < -0.3 is 9.32 Å². The first kappa shape index (κ1) is 12.9. The van der Waals surface area contributed by atoms with Crippen molar-refractivity contribution in [3.8, 4) is 0 Å². The molecule has 0 aromatic carbocycles. The van der Waals surface area contributed by atoms with Crippen molar-refractivity contribution in [2.75, 3.05) is 37.6 Å². The standard InChI is InChI=1S/C16H19N3O/c1-2-8-17-16(7-1)19-12-10-18(11-13-19)9-3-5-15-6-4-14-20-15/h1-8,14H,9-13H2/b5-3-. The highest BCUT2D eigenvalue weighted by molar-refractivity contribution is 5.42. The maximum absolute atomic E-state index is 5.28. The van der Waals surface area contributed by atoms with Gasteiger partial charge in [-0.3, -0.25) is 4.90 Å². The second-order valence-electron chi connectivity index (χ2n) is 4.89. The summed E-state index contributed by atoms with van der Waals surface area (Å²) in [6, 6.07) is 9.95. The van der Waals surface area contributed by atoms with E-state index in [2.05, 4.69) is 26.9 Å². The van der Waals surface area contributed by atoms with E-state index >= 15 is 0 Å². The summed E-state index contributed by atoms with van der Waals surface area (Å²) >= 11 is 0. The number of nitrogens with zero attached hydrogens (tertiary/aromatic N) is 3. The molecule has 3 heterocycles. The molecule has 0 unspecified atom stereocenters. The number of aromatic nitrogens is 1. The van der Waals surface area contributed by atoms with Crippen LogP contribution in [-0.4, -0.2) is 42.6 Å². The molecule has 1 fully saturated rings. The predicted octanol–water partition coefficient (Wildman–Crippen LogP) is 2.51. The van der Waals surface area contributed by atoms with Gasteiger partial charge in [-0.1, -0.05) is 12.1 Å². The largest absolute Gasteiger partial charge is 0.465 e. The summed E-state index contributed by atoms with van der Waals surface area (Å²) < 4.78 is 5.28. The van der Waals surface area contributed by atoms with Gasteiger partial charge in [-0.2, -0.15) is 0 Å². The van der Waals surface area contributed by atoms with Crippen LogP contribution in [-0.2, 0) is 0 Å². The van der Waals surface area contributed by atoms with Crippen LogP contribution in [0.2, 0.25) is 0 Å². The third kappa shape index (κ3) is 3.27. The maximum atomic E-state index is 5.28. The maximum Gasteiger partial charge on any atom is 0.128 e. The molecule has 1 aliphatic heterocycles. The van der Waals surface area contributed by atoms with E-state index in [1.807, 2.05) is 36.5 Å². The van der Waals surface area contributed by atoms with Crippen molar-refractivity contribution in [1.29, 1.82) is 0 Å². The molecule has 4 nitrogen and oxygen atoms in total. The molecular weight excluding hydrogens is 250 g/mol. The van der Waals surface area contributed by atoms with E-state index in [1.165, 1.54) is 0 Å². The van der Waals surface area contributed by atoms with Gasteiger partial charge in [0.2, 0.25) is 0 Å². The minimum atomic E-state index is 0.914. The van der Waals surface area contributed by atoms with Gasteiger partial charge in [-0.25, -0.2) is 4.98 Å². The van der Waals surface area contributed by atoms with Crippen molar-refractivity contribution in [3.05, 3.63) is 54.6 Å². The number of furan rings is 1. The molecule has 104 valence electrons. The van der Waals surface area contributed by atoms with Crippen molar-refractivity contribution < 1.29 is 4.42 Å². The average molecular weight is 269 g/mol. The zero-order chi connectivity index (χ0) is 13.6.